The Kier molecular flexibility index (Phi) is 3.96. The lowest BCUT2D eigenvalue weighted by Gasteiger charge is -2.29. The van der Waals surface area contributed by atoms with Gasteiger partial charge in [0.2, 0.25) is 10.0 Å². The molecular formula is C12H17ClN2O2S. The molecule has 0 saturated carbocycles. The molecule has 6 heteroatoms. The van der Waals surface area contributed by atoms with Gasteiger partial charge in [0, 0.05) is 24.2 Å². The van der Waals surface area contributed by atoms with Gasteiger partial charge in [-0.25, -0.2) is 8.42 Å². The zero-order valence-corrected chi connectivity index (χ0v) is 11.8. The van der Waals surface area contributed by atoms with E-state index in [4.69, 9.17) is 17.3 Å². The molecule has 18 heavy (non-hydrogen) atoms. The van der Waals surface area contributed by atoms with Crippen molar-refractivity contribution in [3.8, 4) is 0 Å². The number of nitrogens with two attached hydrogens (primary N) is 1. The number of hydrogen-bond donors (Lipinski definition) is 1. The van der Waals surface area contributed by atoms with Crippen molar-refractivity contribution >= 4 is 21.6 Å². The molecule has 4 nitrogen and oxygen atoms in total. The second-order valence-electron chi connectivity index (χ2n) is 4.65. The number of piperidine rings is 1. The number of halogens is 1. The van der Waals surface area contributed by atoms with E-state index in [9.17, 15) is 8.42 Å². The lowest BCUT2D eigenvalue weighted by molar-refractivity contribution is 0.320. The largest absolute Gasteiger partial charge is 0.328 e. The summed E-state index contributed by atoms with van der Waals surface area (Å²) in [4.78, 5) is 0.258. The smallest absolute Gasteiger partial charge is 0.243 e. The maximum atomic E-state index is 12.4. The van der Waals surface area contributed by atoms with Crippen molar-refractivity contribution in [2.75, 3.05) is 13.1 Å². The number of rotatable bonds is 2. The molecule has 0 bridgehead atoms. The molecule has 1 fully saturated rings. The molecule has 0 aliphatic carbocycles. The molecule has 0 atom stereocenters. The van der Waals surface area contributed by atoms with Crippen molar-refractivity contribution in [1.82, 2.24) is 4.31 Å². The summed E-state index contributed by atoms with van der Waals surface area (Å²) >= 11 is 5.98. The zero-order valence-electron chi connectivity index (χ0n) is 10.3. The van der Waals surface area contributed by atoms with Crippen molar-refractivity contribution in [3.63, 3.8) is 0 Å². The van der Waals surface area contributed by atoms with Gasteiger partial charge in [-0.15, -0.1) is 0 Å². The van der Waals surface area contributed by atoms with Gasteiger partial charge in [-0.2, -0.15) is 4.31 Å². The van der Waals surface area contributed by atoms with E-state index in [2.05, 4.69) is 0 Å². The Morgan fingerprint density at radius 2 is 1.94 bits per heavy atom. The highest BCUT2D eigenvalue weighted by molar-refractivity contribution is 7.89. The van der Waals surface area contributed by atoms with Crippen LogP contribution in [0.2, 0.25) is 5.02 Å². The molecule has 1 aliphatic rings. The van der Waals surface area contributed by atoms with E-state index in [1.807, 2.05) is 6.92 Å². The molecular weight excluding hydrogens is 272 g/mol. The number of nitrogens with zero attached hydrogens (tertiary/aromatic N) is 1. The van der Waals surface area contributed by atoms with E-state index < -0.39 is 10.0 Å². The molecule has 1 aromatic rings. The van der Waals surface area contributed by atoms with Gasteiger partial charge in [-0.05, 0) is 37.5 Å². The summed E-state index contributed by atoms with van der Waals surface area (Å²) in [7, 11) is -3.43. The van der Waals surface area contributed by atoms with E-state index in [0.717, 1.165) is 5.56 Å². The minimum absolute atomic E-state index is 0.109. The summed E-state index contributed by atoms with van der Waals surface area (Å²) in [5, 5.41) is 0.477. The Balaban J connectivity index is 2.27. The van der Waals surface area contributed by atoms with Gasteiger partial charge >= 0.3 is 0 Å². The molecule has 1 saturated heterocycles. The van der Waals surface area contributed by atoms with Crippen molar-refractivity contribution in [1.29, 1.82) is 0 Å². The van der Waals surface area contributed by atoms with Crippen LogP contribution in [-0.4, -0.2) is 31.9 Å². The van der Waals surface area contributed by atoms with Crippen molar-refractivity contribution in [2.24, 2.45) is 5.73 Å². The molecule has 0 radical (unpaired) electrons. The standard InChI is InChI=1S/C12H17ClN2O2S/c1-9-2-3-11(8-12(9)13)18(16,17)15-6-4-10(14)5-7-15/h2-3,8,10H,4-7,14H2,1H3. The highest BCUT2D eigenvalue weighted by Crippen LogP contribution is 2.24. The Hall–Kier alpha value is -0.620. The summed E-state index contributed by atoms with van der Waals surface area (Å²) in [5.74, 6) is 0. The van der Waals surface area contributed by atoms with Crippen LogP contribution in [0.25, 0.3) is 0 Å². The molecule has 1 heterocycles. The van der Waals surface area contributed by atoms with Crippen molar-refractivity contribution in [2.45, 2.75) is 30.7 Å². The molecule has 2 N–H and O–H groups in total. The summed E-state index contributed by atoms with van der Waals surface area (Å²) < 4.78 is 26.3. The number of hydrogen-bond acceptors (Lipinski definition) is 3. The Bertz CT molecular complexity index is 537. The third kappa shape index (κ3) is 2.69. The second kappa shape index (κ2) is 5.17. The predicted octanol–water partition coefficient (Wildman–Crippen LogP) is 1.76. The van der Waals surface area contributed by atoms with E-state index in [-0.39, 0.29) is 10.9 Å². The average molecular weight is 289 g/mol. The Labute approximate surface area is 113 Å². The molecule has 0 amide bonds. The van der Waals surface area contributed by atoms with Gasteiger partial charge in [-0.3, -0.25) is 0 Å². The maximum absolute atomic E-state index is 12.4. The molecule has 100 valence electrons. The molecule has 1 aliphatic heterocycles. The lowest BCUT2D eigenvalue weighted by atomic mass is 10.1. The minimum Gasteiger partial charge on any atom is -0.328 e. The van der Waals surface area contributed by atoms with Gasteiger partial charge in [0.25, 0.3) is 0 Å². The van der Waals surface area contributed by atoms with Crippen LogP contribution in [0.5, 0.6) is 0 Å². The van der Waals surface area contributed by atoms with Crippen LogP contribution in [0.4, 0.5) is 0 Å². The van der Waals surface area contributed by atoms with Gasteiger partial charge in [-0.1, -0.05) is 17.7 Å². The summed E-state index contributed by atoms with van der Waals surface area (Å²) in [6.45, 7) is 2.81. The van der Waals surface area contributed by atoms with Crippen LogP contribution in [-0.2, 0) is 10.0 Å². The number of sulfonamides is 1. The first-order chi connectivity index (χ1) is 8.41. The fraction of sp³-hybridized carbons (Fsp3) is 0.500. The Morgan fingerprint density at radius 3 is 2.50 bits per heavy atom. The quantitative estimate of drug-likeness (QED) is 0.902. The third-order valence-electron chi connectivity index (χ3n) is 3.28. The van der Waals surface area contributed by atoms with Gasteiger partial charge in [0.15, 0.2) is 0 Å². The molecule has 0 unspecified atom stereocenters. The van der Waals surface area contributed by atoms with Gasteiger partial charge in [0.1, 0.15) is 0 Å². The zero-order chi connectivity index (χ0) is 13.3. The minimum atomic E-state index is -3.43. The lowest BCUT2D eigenvalue weighted by Crippen LogP contribution is -2.42. The first-order valence-electron chi connectivity index (χ1n) is 5.93. The van der Waals surface area contributed by atoms with Gasteiger partial charge in [0.05, 0.1) is 4.90 Å². The van der Waals surface area contributed by atoms with Crippen LogP contribution >= 0.6 is 11.6 Å². The highest BCUT2D eigenvalue weighted by atomic mass is 35.5. The van der Waals surface area contributed by atoms with Crippen molar-refractivity contribution in [3.05, 3.63) is 28.8 Å². The van der Waals surface area contributed by atoms with E-state index in [1.54, 1.807) is 12.1 Å². The SMILES string of the molecule is Cc1ccc(S(=O)(=O)N2CCC(N)CC2)cc1Cl. The van der Waals surface area contributed by atoms with Crippen LogP contribution in [0.3, 0.4) is 0 Å². The highest BCUT2D eigenvalue weighted by Gasteiger charge is 2.28. The summed E-state index contributed by atoms with van der Waals surface area (Å²) in [6.07, 6.45) is 1.41. The molecule has 1 aromatic carbocycles. The van der Waals surface area contributed by atoms with E-state index in [0.29, 0.717) is 31.0 Å². The van der Waals surface area contributed by atoms with Crippen molar-refractivity contribution < 1.29 is 8.42 Å². The number of aryl methyl sites for hydroxylation is 1. The van der Waals surface area contributed by atoms with Gasteiger partial charge < -0.3 is 5.73 Å². The first-order valence-corrected chi connectivity index (χ1v) is 7.75. The van der Waals surface area contributed by atoms with E-state index >= 15 is 0 Å². The summed E-state index contributed by atoms with van der Waals surface area (Å²) in [6, 6.07) is 4.95. The average Bonchev–Trinajstić information content (AvgIpc) is 2.33. The first kappa shape index (κ1) is 13.8. The van der Waals surface area contributed by atoms with Crippen LogP contribution in [0.15, 0.2) is 23.1 Å². The van der Waals surface area contributed by atoms with E-state index in [1.165, 1.54) is 10.4 Å². The fourth-order valence-electron chi connectivity index (χ4n) is 2.00. The normalized spacial score (nSPS) is 19.1. The monoisotopic (exact) mass is 288 g/mol. The summed E-state index contributed by atoms with van der Waals surface area (Å²) in [5.41, 5.74) is 6.65. The topological polar surface area (TPSA) is 63.4 Å². The maximum Gasteiger partial charge on any atom is 0.243 e. The second-order valence-corrected chi connectivity index (χ2v) is 7.00. The number of benzene rings is 1. The predicted molar refractivity (Wildman–Crippen MR) is 72.2 cm³/mol. The molecule has 2 rings (SSSR count). The van der Waals surface area contributed by atoms with Crippen LogP contribution in [0, 0.1) is 6.92 Å². The molecule has 0 aromatic heterocycles. The Morgan fingerprint density at radius 1 is 1.33 bits per heavy atom. The molecule has 0 spiro atoms. The third-order valence-corrected chi connectivity index (χ3v) is 5.58. The van der Waals surface area contributed by atoms with Crippen LogP contribution in [0.1, 0.15) is 18.4 Å². The fourth-order valence-corrected chi connectivity index (χ4v) is 3.74. The van der Waals surface area contributed by atoms with Crippen LogP contribution < -0.4 is 5.73 Å².